The molecule has 0 radical (unpaired) electrons. The van der Waals surface area contributed by atoms with Gasteiger partial charge in [0, 0.05) is 17.5 Å². The normalized spacial score (nSPS) is 19.8. The summed E-state index contributed by atoms with van der Waals surface area (Å²) in [5.41, 5.74) is 1.86. The van der Waals surface area contributed by atoms with Gasteiger partial charge in [0.05, 0.1) is 10.7 Å². The Kier molecular flexibility index (Phi) is 3.36. The van der Waals surface area contributed by atoms with Gasteiger partial charge >= 0.3 is 0 Å². The molecule has 1 atom stereocenters. The summed E-state index contributed by atoms with van der Waals surface area (Å²) in [6.07, 6.45) is 4.11. The quantitative estimate of drug-likeness (QED) is 0.848. The van der Waals surface area contributed by atoms with E-state index in [2.05, 4.69) is 38.0 Å². The van der Waals surface area contributed by atoms with Crippen LogP contribution in [0.3, 0.4) is 0 Å². The molecule has 1 heterocycles. The van der Waals surface area contributed by atoms with Crippen molar-refractivity contribution in [3.63, 3.8) is 0 Å². The highest BCUT2D eigenvalue weighted by molar-refractivity contribution is 7.11. The monoisotopic (exact) mass is 238 g/mol. The zero-order valence-corrected chi connectivity index (χ0v) is 11.6. The van der Waals surface area contributed by atoms with Crippen molar-refractivity contribution in [2.45, 2.75) is 53.0 Å². The zero-order valence-electron chi connectivity index (χ0n) is 10.8. The summed E-state index contributed by atoms with van der Waals surface area (Å²) in [7, 11) is 0. The van der Waals surface area contributed by atoms with Gasteiger partial charge in [0.25, 0.3) is 0 Å². The summed E-state index contributed by atoms with van der Waals surface area (Å²) in [5.74, 6) is 0. The average molecular weight is 238 g/mol. The van der Waals surface area contributed by atoms with Gasteiger partial charge < -0.3 is 5.32 Å². The summed E-state index contributed by atoms with van der Waals surface area (Å²) in [5, 5.41) is 4.83. The molecule has 3 heteroatoms. The Labute approximate surface area is 102 Å². The van der Waals surface area contributed by atoms with Crippen molar-refractivity contribution >= 4 is 11.3 Å². The maximum absolute atomic E-state index is 4.61. The predicted octanol–water partition coefficient (Wildman–Crippen LogP) is 3.60. The Balaban J connectivity index is 1.93. The van der Waals surface area contributed by atoms with Gasteiger partial charge in [-0.1, -0.05) is 6.92 Å². The minimum absolute atomic E-state index is 0.397. The van der Waals surface area contributed by atoms with Crippen LogP contribution in [0.5, 0.6) is 0 Å². The second-order valence-electron chi connectivity index (χ2n) is 5.13. The first-order chi connectivity index (χ1) is 7.56. The summed E-state index contributed by atoms with van der Waals surface area (Å²) < 4.78 is 0. The fraction of sp³-hybridized carbons (Fsp3) is 0.769. The number of thiazole rings is 1. The maximum Gasteiger partial charge on any atom is 0.0900 e. The van der Waals surface area contributed by atoms with E-state index in [-0.39, 0.29) is 0 Å². The molecule has 1 aliphatic carbocycles. The predicted molar refractivity (Wildman–Crippen MR) is 70.0 cm³/mol. The average Bonchev–Trinajstić information content (AvgIpc) is 2.96. The molecule has 0 amide bonds. The number of aryl methyl sites for hydroxylation is 2. The fourth-order valence-corrected chi connectivity index (χ4v) is 3.16. The smallest absolute Gasteiger partial charge is 0.0900 e. The van der Waals surface area contributed by atoms with Crippen LogP contribution in [0.4, 0.5) is 0 Å². The molecule has 1 saturated carbocycles. The molecule has 1 unspecified atom stereocenters. The highest BCUT2D eigenvalue weighted by Gasteiger charge is 2.40. The van der Waals surface area contributed by atoms with Gasteiger partial charge in [-0.25, -0.2) is 4.98 Å². The zero-order chi connectivity index (χ0) is 11.8. The Morgan fingerprint density at radius 3 is 2.56 bits per heavy atom. The number of hydrogen-bond acceptors (Lipinski definition) is 3. The van der Waals surface area contributed by atoms with Gasteiger partial charge in [-0.05, 0) is 45.4 Å². The van der Waals surface area contributed by atoms with Crippen LogP contribution in [0.15, 0.2) is 0 Å². The topological polar surface area (TPSA) is 24.9 Å². The second-order valence-corrected chi connectivity index (χ2v) is 6.54. The molecule has 2 nitrogen and oxygen atoms in total. The lowest BCUT2D eigenvalue weighted by molar-refractivity contribution is 0.412. The van der Waals surface area contributed by atoms with Crippen molar-refractivity contribution in [1.29, 1.82) is 0 Å². The molecule has 16 heavy (non-hydrogen) atoms. The van der Waals surface area contributed by atoms with Gasteiger partial charge in [0.1, 0.15) is 0 Å². The van der Waals surface area contributed by atoms with Crippen LogP contribution in [0.25, 0.3) is 0 Å². The molecule has 1 aromatic rings. The van der Waals surface area contributed by atoms with Gasteiger partial charge in [0.15, 0.2) is 0 Å². The van der Waals surface area contributed by atoms with E-state index < -0.39 is 0 Å². The van der Waals surface area contributed by atoms with Gasteiger partial charge in [-0.15, -0.1) is 11.3 Å². The van der Waals surface area contributed by atoms with Crippen LogP contribution >= 0.6 is 11.3 Å². The summed E-state index contributed by atoms with van der Waals surface area (Å²) in [6, 6.07) is 0.397. The molecule has 1 N–H and O–H groups in total. The fourth-order valence-electron chi connectivity index (χ4n) is 2.25. The van der Waals surface area contributed by atoms with E-state index in [0.29, 0.717) is 11.5 Å². The minimum atomic E-state index is 0.397. The lowest BCUT2D eigenvalue weighted by atomic mass is 10.0. The van der Waals surface area contributed by atoms with Crippen LogP contribution in [-0.4, -0.2) is 11.5 Å². The van der Waals surface area contributed by atoms with E-state index in [1.807, 2.05) is 0 Å². The number of hydrogen-bond donors (Lipinski definition) is 1. The molecule has 1 fully saturated rings. The van der Waals surface area contributed by atoms with Crippen LogP contribution in [0.2, 0.25) is 0 Å². The van der Waals surface area contributed by atoms with Gasteiger partial charge in [-0.2, -0.15) is 0 Å². The van der Waals surface area contributed by atoms with E-state index in [4.69, 9.17) is 0 Å². The molecule has 0 aromatic carbocycles. The van der Waals surface area contributed by atoms with E-state index >= 15 is 0 Å². The first kappa shape index (κ1) is 12.1. The number of rotatable bonds is 5. The molecule has 0 aliphatic heterocycles. The third kappa shape index (κ3) is 2.46. The Hall–Kier alpha value is -0.410. The standard InChI is InChI=1S/C13H22N2S/c1-5-13(6-7-13)8-14-9(2)12-10(3)16-11(4)15-12/h9,14H,5-8H2,1-4H3. The van der Waals surface area contributed by atoms with Crippen molar-refractivity contribution in [2.75, 3.05) is 6.54 Å². The van der Waals surface area contributed by atoms with E-state index in [1.165, 1.54) is 34.8 Å². The van der Waals surface area contributed by atoms with Crippen molar-refractivity contribution in [3.05, 3.63) is 15.6 Å². The van der Waals surface area contributed by atoms with Crippen molar-refractivity contribution < 1.29 is 0 Å². The third-order valence-corrected chi connectivity index (χ3v) is 4.74. The summed E-state index contributed by atoms with van der Waals surface area (Å²) in [6.45, 7) is 9.94. The van der Waals surface area contributed by atoms with Gasteiger partial charge in [-0.3, -0.25) is 0 Å². The van der Waals surface area contributed by atoms with Gasteiger partial charge in [0.2, 0.25) is 0 Å². The lowest BCUT2D eigenvalue weighted by Gasteiger charge is -2.18. The third-order valence-electron chi connectivity index (χ3n) is 3.84. The SMILES string of the molecule is CCC1(CNC(C)c2nc(C)sc2C)CC1. The molecule has 0 bridgehead atoms. The van der Waals surface area contributed by atoms with Crippen molar-refractivity contribution in [3.8, 4) is 0 Å². The van der Waals surface area contributed by atoms with Crippen LogP contribution in [0.1, 0.15) is 54.7 Å². The molecule has 90 valence electrons. The van der Waals surface area contributed by atoms with Crippen LogP contribution in [-0.2, 0) is 0 Å². The number of nitrogens with one attached hydrogen (secondary N) is 1. The van der Waals surface area contributed by atoms with E-state index in [1.54, 1.807) is 11.3 Å². The highest BCUT2D eigenvalue weighted by atomic mass is 32.1. The molecule has 1 aliphatic rings. The van der Waals surface area contributed by atoms with Crippen LogP contribution < -0.4 is 5.32 Å². The largest absolute Gasteiger partial charge is 0.308 e. The minimum Gasteiger partial charge on any atom is -0.308 e. The summed E-state index contributed by atoms with van der Waals surface area (Å²) in [4.78, 5) is 5.97. The number of aromatic nitrogens is 1. The van der Waals surface area contributed by atoms with Crippen molar-refractivity contribution in [1.82, 2.24) is 10.3 Å². The highest BCUT2D eigenvalue weighted by Crippen LogP contribution is 2.48. The Bertz CT molecular complexity index is 366. The molecule has 0 saturated heterocycles. The second kappa shape index (κ2) is 4.46. The van der Waals surface area contributed by atoms with Crippen molar-refractivity contribution in [2.24, 2.45) is 5.41 Å². The lowest BCUT2D eigenvalue weighted by Crippen LogP contribution is -2.27. The van der Waals surface area contributed by atoms with Crippen LogP contribution in [0, 0.1) is 19.3 Å². The molecule has 0 spiro atoms. The molecule has 2 rings (SSSR count). The van der Waals surface area contributed by atoms with E-state index in [0.717, 1.165) is 6.54 Å². The maximum atomic E-state index is 4.61. The first-order valence-corrected chi connectivity index (χ1v) is 7.05. The molecular weight excluding hydrogens is 216 g/mol. The Morgan fingerprint density at radius 2 is 2.12 bits per heavy atom. The first-order valence-electron chi connectivity index (χ1n) is 6.24. The summed E-state index contributed by atoms with van der Waals surface area (Å²) >= 11 is 1.80. The Morgan fingerprint density at radius 1 is 1.44 bits per heavy atom. The molecular formula is C13H22N2S. The van der Waals surface area contributed by atoms with E-state index in [9.17, 15) is 0 Å². The number of nitrogens with zero attached hydrogens (tertiary/aromatic N) is 1. The molecule has 1 aromatic heterocycles.